The zero-order valence-corrected chi connectivity index (χ0v) is 28.0. The lowest BCUT2D eigenvalue weighted by Gasteiger charge is -2.26. The predicted molar refractivity (Wildman–Crippen MR) is 215 cm³/mol. The molecule has 0 fully saturated rings. The van der Waals surface area contributed by atoms with E-state index >= 15 is 0 Å². The van der Waals surface area contributed by atoms with Gasteiger partial charge in [-0.05, 0) is 90.0 Å². The Hall–Kier alpha value is -7.04. The number of hydrogen-bond donors (Lipinski definition) is 0. The molecule has 244 valence electrons. The molecule has 3 aromatic heterocycles. The van der Waals surface area contributed by atoms with Gasteiger partial charge in [0.2, 0.25) is 0 Å². The van der Waals surface area contributed by atoms with Gasteiger partial charge in [0.05, 0.1) is 11.0 Å². The molecule has 4 nitrogen and oxygen atoms in total. The summed E-state index contributed by atoms with van der Waals surface area (Å²) in [6, 6.07) is 64.4. The molecule has 0 aliphatic carbocycles. The van der Waals surface area contributed by atoms with E-state index in [2.05, 4.69) is 167 Å². The van der Waals surface area contributed by atoms with Crippen LogP contribution in [-0.2, 0) is 0 Å². The van der Waals surface area contributed by atoms with Gasteiger partial charge in [-0.15, -0.1) is 0 Å². The maximum Gasteiger partial charge on any atom is 0.137 e. The number of furan rings is 2. The highest BCUT2D eigenvalue weighted by molar-refractivity contribution is 6.11. The van der Waals surface area contributed by atoms with E-state index < -0.39 is 0 Å². The number of aromatic nitrogens is 1. The van der Waals surface area contributed by atoms with Crippen LogP contribution in [0.5, 0.6) is 0 Å². The van der Waals surface area contributed by atoms with Crippen LogP contribution in [0.25, 0.3) is 82.5 Å². The number of anilines is 3. The van der Waals surface area contributed by atoms with Gasteiger partial charge in [-0.2, -0.15) is 0 Å². The normalized spacial score (nSPS) is 11.8. The smallest absolute Gasteiger partial charge is 0.137 e. The molecular weight excluding hydrogens is 637 g/mol. The molecule has 3 heterocycles. The first-order valence-corrected chi connectivity index (χ1v) is 17.6. The Balaban J connectivity index is 1.04. The maximum atomic E-state index is 6.32. The van der Waals surface area contributed by atoms with E-state index in [4.69, 9.17) is 8.83 Å². The third-order valence-corrected chi connectivity index (χ3v) is 10.4. The van der Waals surface area contributed by atoms with Crippen LogP contribution < -0.4 is 4.90 Å². The van der Waals surface area contributed by atoms with Crippen molar-refractivity contribution in [3.05, 3.63) is 182 Å². The molecule has 0 aliphatic rings. The molecule has 0 atom stereocenters. The Kier molecular flexibility index (Phi) is 6.22. The largest absolute Gasteiger partial charge is 0.456 e. The lowest BCUT2D eigenvalue weighted by molar-refractivity contribution is 0.668. The summed E-state index contributed by atoms with van der Waals surface area (Å²) in [6.45, 7) is 0. The molecule has 0 aliphatic heterocycles. The summed E-state index contributed by atoms with van der Waals surface area (Å²) in [6.07, 6.45) is 0. The van der Waals surface area contributed by atoms with Gasteiger partial charge in [0, 0.05) is 67.2 Å². The van der Waals surface area contributed by atoms with E-state index in [-0.39, 0.29) is 0 Å². The van der Waals surface area contributed by atoms with E-state index in [0.717, 1.165) is 88.8 Å². The van der Waals surface area contributed by atoms with Gasteiger partial charge in [-0.25, -0.2) is 0 Å². The fourth-order valence-electron chi connectivity index (χ4n) is 7.99. The zero-order valence-electron chi connectivity index (χ0n) is 28.0. The van der Waals surface area contributed by atoms with Crippen molar-refractivity contribution in [2.45, 2.75) is 0 Å². The molecule has 0 spiro atoms. The lowest BCUT2D eigenvalue weighted by Crippen LogP contribution is -2.09. The van der Waals surface area contributed by atoms with Gasteiger partial charge < -0.3 is 18.3 Å². The molecule has 0 amide bonds. The third-order valence-electron chi connectivity index (χ3n) is 10.4. The molecule has 11 aromatic rings. The number of nitrogens with zero attached hydrogens (tertiary/aromatic N) is 2. The van der Waals surface area contributed by atoms with E-state index in [1.54, 1.807) is 0 Å². The van der Waals surface area contributed by atoms with Crippen molar-refractivity contribution in [1.29, 1.82) is 0 Å². The first kappa shape index (κ1) is 28.8. The van der Waals surface area contributed by atoms with Crippen LogP contribution in [0.1, 0.15) is 0 Å². The molecule has 0 unspecified atom stereocenters. The van der Waals surface area contributed by atoms with Crippen LogP contribution in [0.15, 0.2) is 191 Å². The van der Waals surface area contributed by atoms with Gasteiger partial charge in [0.1, 0.15) is 22.3 Å². The minimum absolute atomic E-state index is 0.872. The van der Waals surface area contributed by atoms with Crippen molar-refractivity contribution in [2.75, 3.05) is 4.90 Å². The third kappa shape index (κ3) is 4.41. The van der Waals surface area contributed by atoms with E-state index in [9.17, 15) is 0 Å². The van der Waals surface area contributed by atoms with Gasteiger partial charge in [0.15, 0.2) is 0 Å². The van der Waals surface area contributed by atoms with E-state index in [1.165, 1.54) is 10.8 Å². The van der Waals surface area contributed by atoms with Crippen molar-refractivity contribution in [3.8, 4) is 16.8 Å². The van der Waals surface area contributed by atoms with Gasteiger partial charge >= 0.3 is 0 Å². The standard InChI is InChI=1S/C48H30N2O2/c1-2-12-33(13-3-1)49(35-22-24-40-38-16-5-8-19-45(38)51-47(40)29-35)34-14-10-11-31(27-34)32-21-26-44-42(28-32)37-15-4-7-18-43(37)50(44)36-23-25-41-39-17-6-9-20-46(39)52-48(41)30-36/h1-30H. The number of hydrogen-bond acceptors (Lipinski definition) is 3. The SMILES string of the molecule is c1ccc(N(c2cccc(-c3ccc4c(c3)c3ccccc3n4-c3ccc4c(c3)oc3ccccc34)c2)c2ccc3c(c2)oc2ccccc23)cc1. The maximum absolute atomic E-state index is 6.32. The van der Waals surface area contributed by atoms with Crippen molar-refractivity contribution < 1.29 is 8.83 Å². The molecule has 0 bridgehead atoms. The predicted octanol–water partition coefficient (Wildman–Crippen LogP) is 13.7. The topological polar surface area (TPSA) is 34.5 Å². The van der Waals surface area contributed by atoms with Gasteiger partial charge in [-0.3, -0.25) is 0 Å². The number of rotatable bonds is 5. The van der Waals surface area contributed by atoms with Crippen LogP contribution in [0.3, 0.4) is 0 Å². The lowest BCUT2D eigenvalue weighted by atomic mass is 10.0. The summed E-state index contributed by atoms with van der Waals surface area (Å²) in [5.41, 5.74) is 12.4. The first-order valence-electron chi connectivity index (χ1n) is 17.6. The van der Waals surface area contributed by atoms with E-state index in [1.807, 2.05) is 24.3 Å². The molecule has 52 heavy (non-hydrogen) atoms. The Morgan fingerprint density at radius 3 is 1.69 bits per heavy atom. The van der Waals surface area contributed by atoms with Crippen molar-refractivity contribution in [3.63, 3.8) is 0 Å². The van der Waals surface area contributed by atoms with Crippen LogP contribution in [0.4, 0.5) is 17.1 Å². The highest BCUT2D eigenvalue weighted by atomic mass is 16.3. The molecule has 0 radical (unpaired) electrons. The molecule has 0 saturated carbocycles. The fraction of sp³-hybridized carbons (Fsp3) is 0. The quantitative estimate of drug-likeness (QED) is 0.183. The first-order chi connectivity index (χ1) is 25.8. The summed E-state index contributed by atoms with van der Waals surface area (Å²) in [5.74, 6) is 0. The van der Waals surface area contributed by atoms with Crippen LogP contribution in [0, 0.1) is 0 Å². The number of para-hydroxylation sites is 4. The number of fused-ring (bicyclic) bond motifs is 9. The second-order valence-corrected chi connectivity index (χ2v) is 13.4. The Labute approximate surface area is 299 Å². The molecule has 0 N–H and O–H groups in total. The monoisotopic (exact) mass is 666 g/mol. The average Bonchev–Trinajstić information content (AvgIpc) is 3.87. The molecule has 4 heteroatoms. The Morgan fingerprint density at radius 1 is 0.327 bits per heavy atom. The summed E-state index contributed by atoms with van der Waals surface area (Å²) >= 11 is 0. The van der Waals surface area contributed by atoms with Crippen molar-refractivity contribution >= 4 is 82.7 Å². The highest BCUT2D eigenvalue weighted by Crippen LogP contribution is 2.41. The van der Waals surface area contributed by atoms with Crippen molar-refractivity contribution in [1.82, 2.24) is 4.57 Å². The number of benzene rings is 8. The van der Waals surface area contributed by atoms with Crippen LogP contribution in [0.2, 0.25) is 0 Å². The van der Waals surface area contributed by atoms with Gasteiger partial charge in [-0.1, -0.05) is 91.0 Å². The molecule has 8 aromatic carbocycles. The molecular formula is C48H30N2O2. The van der Waals surface area contributed by atoms with Gasteiger partial charge in [0.25, 0.3) is 0 Å². The second-order valence-electron chi connectivity index (χ2n) is 13.4. The van der Waals surface area contributed by atoms with Crippen LogP contribution >= 0.6 is 0 Å². The minimum Gasteiger partial charge on any atom is -0.456 e. The summed E-state index contributed by atoms with van der Waals surface area (Å²) in [4.78, 5) is 2.30. The average molecular weight is 667 g/mol. The van der Waals surface area contributed by atoms with Crippen LogP contribution in [-0.4, -0.2) is 4.57 Å². The highest BCUT2D eigenvalue weighted by Gasteiger charge is 2.18. The molecule has 0 saturated heterocycles. The zero-order chi connectivity index (χ0) is 34.2. The molecule has 11 rings (SSSR count). The second kappa shape index (κ2) is 11.2. The van der Waals surface area contributed by atoms with E-state index in [0.29, 0.717) is 0 Å². The minimum atomic E-state index is 0.872. The Bertz CT molecular complexity index is 3150. The summed E-state index contributed by atoms with van der Waals surface area (Å²) < 4.78 is 15.0. The summed E-state index contributed by atoms with van der Waals surface area (Å²) in [5, 5.41) is 6.93. The Morgan fingerprint density at radius 2 is 0.904 bits per heavy atom. The summed E-state index contributed by atoms with van der Waals surface area (Å²) in [7, 11) is 0. The fourth-order valence-corrected chi connectivity index (χ4v) is 7.99. The van der Waals surface area contributed by atoms with Crippen molar-refractivity contribution in [2.24, 2.45) is 0 Å².